The number of pyridine rings is 1. The summed E-state index contributed by atoms with van der Waals surface area (Å²) < 4.78 is 7.34. The van der Waals surface area contributed by atoms with Crippen molar-refractivity contribution in [2.45, 2.75) is 31.3 Å². The minimum Gasteiger partial charge on any atom is -0.376 e. The minimum atomic E-state index is -0.197. The first-order chi connectivity index (χ1) is 22.4. The lowest BCUT2D eigenvalue weighted by Crippen LogP contribution is -2.57. The molecule has 2 amide bonds. The van der Waals surface area contributed by atoms with Gasteiger partial charge in [0.1, 0.15) is 6.07 Å². The first-order valence-electron chi connectivity index (χ1n) is 15.9. The summed E-state index contributed by atoms with van der Waals surface area (Å²) in [6, 6.07) is 10.2. The van der Waals surface area contributed by atoms with E-state index in [2.05, 4.69) is 55.8 Å². The Morgan fingerprint density at radius 1 is 1.09 bits per heavy atom. The third-order valence-corrected chi connectivity index (χ3v) is 10.9. The summed E-state index contributed by atoms with van der Waals surface area (Å²) in [6.07, 6.45) is 5.65. The van der Waals surface area contributed by atoms with Crippen molar-refractivity contribution in [2.24, 2.45) is 11.8 Å². The van der Waals surface area contributed by atoms with Crippen LogP contribution < -0.4 is 15.5 Å². The van der Waals surface area contributed by atoms with Gasteiger partial charge in [-0.2, -0.15) is 10.4 Å². The maximum absolute atomic E-state index is 13.1. The number of anilines is 2. The van der Waals surface area contributed by atoms with Gasteiger partial charge in [0.2, 0.25) is 5.13 Å². The van der Waals surface area contributed by atoms with Crippen LogP contribution in [0.5, 0.6) is 0 Å². The number of ether oxygens (including phenoxy) is 1. The number of carbonyl (C=O) groups excluding carboxylic acids is 1. The van der Waals surface area contributed by atoms with Gasteiger partial charge in [-0.25, -0.2) is 9.31 Å². The molecular weight excluding hydrogens is 602 g/mol. The number of nitrogens with one attached hydrogen (secondary N) is 2. The van der Waals surface area contributed by atoms with Gasteiger partial charge in [-0.15, -0.1) is 10.2 Å². The lowest BCUT2D eigenvalue weighted by molar-refractivity contribution is -0.0318. The van der Waals surface area contributed by atoms with Crippen molar-refractivity contribution in [1.29, 1.82) is 5.26 Å². The average molecular weight is 640 g/mol. The molecule has 8 rings (SSSR count). The molecular formula is C32H37N11O2S. The van der Waals surface area contributed by atoms with Crippen molar-refractivity contribution in [1.82, 2.24) is 39.9 Å². The monoisotopic (exact) mass is 639 g/mol. The largest absolute Gasteiger partial charge is 0.376 e. The number of carbonyl (C=O) groups is 1. The van der Waals surface area contributed by atoms with Gasteiger partial charge in [-0.3, -0.25) is 4.98 Å². The number of piperazine rings is 1. The smallest absolute Gasteiger partial charge is 0.317 e. The summed E-state index contributed by atoms with van der Waals surface area (Å²) >= 11 is 1.58. The standard InChI is InChI=1S/C32H37N11O2S/c1-32(18-45-19-32)37-25-12-26(27-6-5-23-11-20(13-33)14-35-43(23)27)34-15-24(25)29-38-39-31(46-29)42-16-21-3-4-22(17-42)28(21)36-30(44)41-9-7-40(2)8-10-41/h5-6,11-12,14-15,21-22,28H,3-4,7-10,16-19H2,1-2H3,(H,34,37)(H,36,44)/t21-,22+,28?. The van der Waals surface area contributed by atoms with Crippen LogP contribution in [0.3, 0.4) is 0 Å². The van der Waals surface area contributed by atoms with Crippen molar-refractivity contribution < 1.29 is 9.53 Å². The van der Waals surface area contributed by atoms with Crippen molar-refractivity contribution >= 4 is 33.7 Å². The fourth-order valence-electron chi connectivity index (χ4n) is 7.24. The van der Waals surface area contributed by atoms with E-state index in [0.29, 0.717) is 30.6 Å². The first-order valence-corrected chi connectivity index (χ1v) is 16.7. The maximum atomic E-state index is 13.1. The number of aromatic nitrogens is 5. The predicted octanol–water partition coefficient (Wildman–Crippen LogP) is 3.16. The van der Waals surface area contributed by atoms with Crippen LogP contribution in [-0.2, 0) is 4.74 Å². The van der Waals surface area contributed by atoms with Gasteiger partial charge in [0, 0.05) is 57.2 Å². The number of fused-ring (bicyclic) bond motifs is 3. The third-order valence-electron chi connectivity index (χ3n) is 9.90. The normalized spacial score (nSPS) is 24.1. The molecule has 1 saturated carbocycles. The Morgan fingerprint density at radius 2 is 1.87 bits per heavy atom. The maximum Gasteiger partial charge on any atom is 0.317 e. The Labute approximate surface area is 271 Å². The van der Waals surface area contributed by atoms with E-state index in [1.807, 2.05) is 35.4 Å². The summed E-state index contributed by atoms with van der Waals surface area (Å²) in [5.74, 6) is 0.794. The SMILES string of the molecule is CN1CCN(C(=O)NC2[C@@H]3CC[C@H]2CN(c2nnc(-c4cnc(-c5ccc6cc(C#N)cnn56)cc4NC4(C)COC4)s2)C3)CC1. The molecule has 4 fully saturated rings. The van der Waals surface area contributed by atoms with Crippen LogP contribution in [0.15, 0.2) is 36.7 Å². The van der Waals surface area contributed by atoms with Gasteiger partial charge >= 0.3 is 6.03 Å². The van der Waals surface area contributed by atoms with Crippen LogP contribution in [0.1, 0.15) is 25.3 Å². The number of amides is 2. The number of piperidine rings is 1. The second-order valence-electron chi connectivity index (χ2n) is 13.4. The molecule has 4 aliphatic rings. The van der Waals surface area contributed by atoms with E-state index in [-0.39, 0.29) is 17.6 Å². The van der Waals surface area contributed by atoms with Crippen LogP contribution >= 0.6 is 11.3 Å². The van der Waals surface area contributed by atoms with Crippen LogP contribution in [0.25, 0.3) is 27.5 Å². The molecule has 3 aliphatic heterocycles. The van der Waals surface area contributed by atoms with Gasteiger partial charge in [0.05, 0.1) is 53.0 Å². The van der Waals surface area contributed by atoms with E-state index in [1.165, 1.54) is 0 Å². The highest BCUT2D eigenvalue weighted by atomic mass is 32.1. The first kappa shape index (κ1) is 29.1. The van der Waals surface area contributed by atoms with E-state index in [0.717, 1.165) is 90.4 Å². The molecule has 13 nitrogen and oxygen atoms in total. The van der Waals surface area contributed by atoms with E-state index >= 15 is 0 Å². The van der Waals surface area contributed by atoms with E-state index < -0.39 is 0 Å². The molecule has 4 aromatic heterocycles. The molecule has 46 heavy (non-hydrogen) atoms. The number of likely N-dealkylation sites (N-methyl/N-ethyl adjacent to an activating group) is 1. The fraction of sp³-hybridized carbons (Fsp3) is 0.500. The fourth-order valence-corrected chi connectivity index (χ4v) is 8.13. The quantitative estimate of drug-likeness (QED) is 0.323. The summed E-state index contributed by atoms with van der Waals surface area (Å²) in [4.78, 5) is 24.5. The Kier molecular flexibility index (Phi) is 7.27. The van der Waals surface area contributed by atoms with E-state index in [1.54, 1.807) is 22.0 Å². The van der Waals surface area contributed by atoms with E-state index in [9.17, 15) is 10.1 Å². The molecule has 0 radical (unpaired) electrons. The van der Waals surface area contributed by atoms with Gasteiger partial charge in [-0.1, -0.05) is 11.3 Å². The number of urea groups is 1. The molecule has 2 N–H and O–H groups in total. The zero-order valence-corrected chi connectivity index (χ0v) is 26.8. The molecule has 3 atom stereocenters. The van der Waals surface area contributed by atoms with Gasteiger partial charge < -0.3 is 30.1 Å². The highest BCUT2D eigenvalue weighted by Gasteiger charge is 2.44. The van der Waals surface area contributed by atoms with Crippen LogP contribution in [0, 0.1) is 23.2 Å². The third kappa shape index (κ3) is 5.32. The zero-order valence-electron chi connectivity index (χ0n) is 26.0. The average Bonchev–Trinajstić information content (AvgIpc) is 3.76. The molecule has 1 aliphatic carbocycles. The van der Waals surface area contributed by atoms with Crippen molar-refractivity contribution in [3.05, 3.63) is 42.2 Å². The molecule has 238 valence electrons. The Morgan fingerprint density at radius 3 is 2.59 bits per heavy atom. The number of hydrogen-bond acceptors (Lipinski definition) is 11. The highest BCUT2D eigenvalue weighted by molar-refractivity contribution is 7.18. The molecule has 0 aromatic carbocycles. The van der Waals surface area contributed by atoms with Crippen LogP contribution in [0.2, 0.25) is 0 Å². The van der Waals surface area contributed by atoms with Crippen molar-refractivity contribution in [3.8, 4) is 28.0 Å². The van der Waals surface area contributed by atoms with Crippen LogP contribution in [-0.4, -0.2) is 112 Å². The minimum absolute atomic E-state index is 0.0824. The molecule has 1 unspecified atom stereocenters. The second kappa shape index (κ2) is 11.5. The van der Waals surface area contributed by atoms with Crippen LogP contribution in [0.4, 0.5) is 15.6 Å². The van der Waals surface area contributed by atoms with E-state index in [4.69, 9.17) is 9.72 Å². The molecule has 7 heterocycles. The second-order valence-corrected chi connectivity index (χ2v) is 14.3. The molecule has 14 heteroatoms. The summed E-state index contributed by atoms with van der Waals surface area (Å²) in [7, 11) is 2.10. The Bertz CT molecular complexity index is 1810. The molecule has 3 saturated heterocycles. The molecule has 4 aromatic rings. The van der Waals surface area contributed by atoms with Gasteiger partial charge in [0.25, 0.3) is 0 Å². The lowest BCUT2D eigenvalue weighted by atomic mass is 9.92. The summed E-state index contributed by atoms with van der Waals surface area (Å²) in [5, 5.41) is 31.9. The number of rotatable bonds is 6. The molecule has 2 bridgehead atoms. The number of hydrogen-bond donors (Lipinski definition) is 2. The Hall–Kier alpha value is -4.32. The topological polar surface area (TPSA) is 140 Å². The van der Waals surface area contributed by atoms with Gasteiger partial charge in [-0.05, 0) is 62.9 Å². The Balaban J connectivity index is 1.02. The van der Waals surface area contributed by atoms with Crippen molar-refractivity contribution in [2.75, 3.05) is 69.7 Å². The van der Waals surface area contributed by atoms with Crippen molar-refractivity contribution in [3.63, 3.8) is 0 Å². The number of nitrogens with zero attached hydrogens (tertiary/aromatic N) is 9. The van der Waals surface area contributed by atoms with Gasteiger partial charge in [0.15, 0.2) is 5.01 Å². The summed E-state index contributed by atoms with van der Waals surface area (Å²) in [5.41, 5.74) is 4.54. The number of nitriles is 1. The summed E-state index contributed by atoms with van der Waals surface area (Å²) in [6.45, 7) is 8.50. The highest BCUT2D eigenvalue weighted by Crippen LogP contribution is 2.42. The molecule has 0 spiro atoms. The predicted molar refractivity (Wildman–Crippen MR) is 175 cm³/mol. The lowest BCUT2D eigenvalue weighted by Gasteiger charge is -2.40. The zero-order chi connectivity index (χ0) is 31.4.